The highest BCUT2D eigenvalue weighted by Gasteiger charge is 2.11. The van der Waals surface area contributed by atoms with E-state index in [1.54, 1.807) is 24.3 Å². The van der Waals surface area contributed by atoms with Gasteiger partial charge in [-0.15, -0.1) is 0 Å². The van der Waals surface area contributed by atoms with Gasteiger partial charge in [-0.05, 0) is 24.3 Å². The van der Waals surface area contributed by atoms with Crippen LogP contribution in [0.4, 0.5) is 0 Å². The Morgan fingerprint density at radius 3 is 2.18 bits per heavy atom. The third-order valence-corrected chi connectivity index (χ3v) is 2.95. The Morgan fingerprint density at radius 2 is 1.59 bits per heavy atom. The molecule has 7 heteroatoms. The Morgan fingerprint density at radius 1 is 0.909 bits per heavy atom. The Balaban J connectivity index is 1.75. The standard InChI is InChI=1S/C15H9ClN4O2/c16-14-4-2-12(8-20-14)22-11-1-3-13(19-7-11)15(21)10-5-17-9-18-6-10/h1-9H. The first-order valence-corrected chi connectivity index (χ1v) is 6.65. The van der Waals surface area contributed by atoms with Crippen molar-refractivity contribution in [2.75, 3.05) is 0 Å². The summed E-state index contributed by atoms with van der Waals surface area (Å²) in [4.78, 5) is 27.8. The smallest absolute Gasteiger partial charge is 0.214 e. The van der Waals surface area contributed by atoms with E-state index in [1.807, 2.05) is 0 Å². The van der Waals surface area contributed by atoms with Crippen LogP contribution in [0.3, 0.4) is 0 Å². The predicted octanol–water partition coefficient (Wildman–Crippen LogP) is 2.94. The van der Waals surface area contributed by atoms with Crippen molar-refractivity contribution < 1.29 is 9.53 Å². The first kappa shape index (κ1) is 14.1. The molecule has 108 valence electrons. The summed E-state index contributed by atoms with van der Waals surface area (Å²) in [5.41, 5.74) is 0.668. The molecular weight excluding hydrogens is 304 g/mol. The number of aromatic nitrogens is 4. The Labute approximate surface area is 130 Å². The number of ketones is 1. The minimum absolute atomic E-state index is 0.250. The van der Waals surface area contributed by atoms with Crippen LogP contribution in [0.2, 0.25) is 5.15 Å². The summed E-state index contributed by atoms with van der Waals surface area (Å²) < 4.78 is 5.55. The van der Waals surface area contributed by atoms with Gasteiger partial charge in [0.05, 0.1) is 18.0 Å². The van der Waals surface area contributed by atoms with E-state index in [9.17, 15) is 4.79 Å². The molecule has 6 nitrogen and oxygen atoms in total. The van der Waals surface area contributed by atoms with Crippen LogP contribution in [0.5, 0.6) is 11.5 Å². The third kappa shape index (κ3) is 3.24. The van der Waals surface area contributed by atoms with Gasteiger partial charge < -0.3 is 4.74 Å². The first-order valence-electron chi connectivity index (χ1n) is 6.27. The van der Waals surface area contributed by atoms with Crippen LogP contribution < -0.4 is 4.74 Å². The molecule has 0 aliphatic heterocycles. The summed E-state index contributed by atoms with van der Waals surface area (Å²) in [7, 11) is 0. The van der Waals surface area contributed by atoms with Crippen molar-refractivity contribution >= 4 is 17.4 Å². The normalized spacial score (nSPS) is 10.2. The molecule has 0 aliphatic carbocycles. The molecule has 22 heavy (non-hydrogen) atoms. The molecule has 0 fully saturated rings. The minimum atomic E-state index is -0.250. The molecule has 3 aromatic heterocycles. The van der Waals surface area contributed by atoms with Crippen molar-refractivity contribution in [3.8, 4) is 11.5 Å². The van der Waals surface area contributed by atoms with Gasteiger partial charge >= 0.3 is 0 Å². The maximum absolute atomic E-state index is 12.1. The van der Waals surface area contributed by atoms with Crippen molar-refractivity contribution in [3.05, 3.63) is 71.8 Å². The van der Waals surface area contributed by atoms with E-state index >= 15 is 0 Å². The van der Waals surface area contributed by atoms with Gasteiger partial charge in [-0.1, -0.05) is 11.6 Å². The minimum Gasteiger partial charge on any atom is -0.454 e. The number of rotatable bonds is 4. The molecule has 0 bridgehead atoms. The molecular formula is C15H9ClN4O2. The van der Waals surface area contributed by atoms with Gasteiger partial charge in [-0.3, -0.25) is 4.79 Å². The third-order valence-electron chi connectivity index (χ3n) is 2.73. The zero-order chi connectivity index (χ0) is 15.4. The molecule has 0 saturated heterocycles. The van der Waals surface area contributed by atoms with Gasteiger partial charge in [-0.2, -0.15) is 0 Å². The molecule has 0 N–H and O–H groups in total. The molecule has 0 atom stereocenters. The maximum Gasteiger partial charge on any atom is 0.214 e. The quantitative estimate of drug-likeness (QED) is 0.544. The van der Waals surface area contributed by atoms with Gasteiger partial charge in [-0.25, -0.2) is 19.9 Å². The number of pyridine rings is 2. The van der Waals surface area contributed by atoms with E-state index in [0.717, 1.165) is 0 Å². The predicted molar refractivity (Wildman–Crippen MR) is 79.0 cm³/mol. The molecule has 3 aromatic rings. The molecule has 0 saturated carbocycles. The highest BCUT2D eigenvalue weighted by atomic mass is 35.5. The summed E-state index contributed by atoms with van der Waals surface area (Å²) in [6.45, 7) is 0. The van der Waals surface area contributed by atoms with Crippen molar-refractivity contribution in [2.45, 2.75) is 0 Å². The van der Waals surface area contributed by atoms with Gasteiger partial charge in [0.25, 0.3) is 0 Å². The Hall–Kier alpha value is -2.86. The summed E-state index contributed by atoms with van der Waals surface area (Å²) in [6.07, 6.45) is 7.22. The zero-order valence-corrected chi connectivity index (χ0v) is 11.9. The largest absolute Gasteiger partial charge is 0.454 e. The van der Waals surface area contributed by atoms with E-state index in [4.69, 9.17) is 16.3 Å². The number of nitrogens with zero attached hydrogens (tertiary/aromatic N) is 4. The lowest BCUT2D eigenvalue weighted by molar-refractivity contribution is 0.103. The lowest BCUT2D eigenvalue weighted by atomic mass is 10.1. The summed E-state index contributed by atoms with van der Waals surface area (Å²) in [5.74, 6) is 0.770. The SMILES string of the molecule is O=C(c1cncnc1)c1ccc(Oc2ccc(Cl)nc2)cn1. The van der Waals surface area contributed by atoms with Crippen LogP contribution in [0.25, 0.3) is 0 Å². The topological polar surface area (TPSA) is 77.9 Å². The van der Waals surface area contributed by atoms with E-state index in [-0.39, 0.29) is 11.5 Å². The van der Waals surface area contributed by atoms with Crippen molar-refractivity contribution in [1.82, 2.24) is 19.9 Å². The fourth-order valence-corrected chi connectivity index (χ4v) is 1.81. The Kier molecular flexibility index (Phi) is 4.02. The van der Waals surface area contributed by atoms with E-state index < -0.39 is 0 Å². The molecule has 0 aromatic carbocycles. The molecule has 0 spiro atoms. The van der Waals surface area contributed by atoms with Gasteiger partial charge in [0.2, 0.25) is 5.78 Å². The summed E-state index contributed by atoms with van der Waals surface area (Å²) in [6, 6.07) is 6.54. The van der Waals surface area contributed by atoms with Gasteiger partial charge in [0.1, 0.15) is 28.7 Å². The maximum atomic E-state index is 12.1. The van der Waals surface area contributed by atoms with Crippen molar-refractivity contribution in [3.63, 3.8) is 0 Å². The lowest BCUT2D eigenvalue weighted by Gasteiger charge is -2.05. The van der Waals surface area contributed by atoms with Crippen LogP contribution in [0.1, 0.15) is 16.1 Å². The van der Waals surface area contributed by atoms with Crippen LogP contribution in [0, 0.1) is 0 Å². The van der Waals surface area contributed by atoms with Crippen LogP contribution in [0.15, 0.2) is 55.4 Å². The zero-order valence-electron chi connectivity index (χ0n) is 11.2. The number of hydrogen-bond acceptors (Lipinski definition) is 6. The van der Waals surface area contributed by atoms with Crippen LogP contribution in [-0.2, 0) is 0 Å². The molecule has 0 unspecified atom stereocenters. The fraction of sp³-hybridized carbons (Fsp3) is 0. The number of carbonyl (C=O) groups is 1. The lowest BCUT2D eigenvalue weighted by Crippen LogP contribution is -2.04. The average Bonchev–Trinajstić information content (AvgIpc) is 2.58. The molecule has 3 heterocycles. The van der Waals surface area contributed by atoms with Crippen LogP contribution in [-0.4, -0.2) is 25.7 Å². The second-order valence-electron chi connectivity index (χ2n) is 4.25. The Bertz CT molecular complexity index is 777. The van der Waals surface area contributed by atoms with E-state index in [2.05, 4.69) is 19.9 Å². The monoisotopic (exact) mass is 312 g/mol. The molecule has 0 radical (unpaired) electrons. The average molecular weight is 313 g/mol. The van der Waals surface area contributed by atoms with Crippen LogP contribution >= 0.6 is 11.6 Å². The highest BCUT2D eigenvalue weighted by molar-refractivity contribution is 6.29. The summed E-state index contributed by atoms with van der Waals surface area (Å²) in [5, 5.41) is 0.386. The molecule has 0 aliphatic rings. The number of ether oxygens (including phenoxy) is 1. The fourth-order valence-electron chi connectivity index (χ4n) is 1.70. The molecule has 0 amide bonds. The van der Waals surface area contributed by atoms with Gasteiger partial charge in [0.15, 0.2) is 0 Å². The van der Waals surface area contributed by atoms with Crippen molar-refractivity contribution in [1.29, 1.82) is 0 Å². The van der Waals surface area contributed by atoms with Crippen molar-refractivity contribution in [2.24, 2.45) is 0 Å². The second-order valence-corrected chi connectivity index (χ2v) is 4.64. The van der Waals surface area contributed by atoms with Gasteiger partial charge in [0, 0.05) is 12.4 Å². The number of halogens is 1. The number of carbonyl (C=O) groups excluding carboxylic acids is 1. The van der Waals surface area contributed by atoms with E-state index in [0.29, 0.717) is 22.2 Å². The molecule has 3 rings (SSSR count). The second kappa shape index (κ2) is 6.28. The van der Waals surface area contributed by atoms with E-state index in [1.165, 1.54) is 31.1 Å². The summed E-state index contributed by atoms with van der Waals surface area (Å²) >= 11 is 5.70. The first-order chi connectivity index (χ1) is 10.7. The highest BCUT2D eigenvalue weighted by Crippen LogP contribution is 2.21. The number of hydrogen-bond donors (Lipinski definition) is 0.